The van der Waals surface area contributed by atoms with Crippen molar-refractivity contribution < 1.29 is 9.72 Å². The molecule has 0 heterocycles. The smallest absolute Gasteiger partial charge is 0.270 e. The predicted octanol–water partition coefficient (Wildman–Crippen LogP) is 2.81. The summed E-state index contributed by atoms with van der Waals surface area (Å²) in [5.74, 6) is -0.129. The lowest BCUT2D eigenvalue weighted by Crippen LogP contribution is -2.17. The van der Waals surface area contributed by atoms with Gasteiger partial charge in [0.15, 0.2) is 0 Å². The van der Waals surface area contributed by atoms with Gasteiger partial charge < -0.3 is 11.1 Å². The minimum Gasteiger partial charge on any atom is -0.328 e. The van der Waals surface area contributed by atoms with Crippen molar-refractivity contribution in [1.29, 1.82) is 0 Å². The number of hydrogen-bond acceptors (Lipinski definition) is 4. The summed E-state index contributed by atoms with van der Waals surface area (Å²) >= 11 is 3.20. The van der Waals surface area contributed by atoms with Crippen molar-refractivity contribution in [2.75, 3.05) is 5.32 Å². The number of non-ortho nitro benzene ring substituents is 1. The highest BCUT2D eigenvalue weighted by Gasteiger charge is 2.11. The van der Waals surface area contributed by atoms with Crippen LogP contribution in [0.25, 0.3) is 0 Å². The van der Waals surface area contributed by atoms with Crippen LogP contribution in [0.15, 0.2) is 22.7 Å². The lowest BCUT2D eigenvalue weighted by Gasteiger charge is -2.08. The predicted molar refractivity (Wildman–Crippen MR) is 76.9 cm³/mol. The van der Waals surface area contributed by atoms with E-state index in [9.17, 15) is 14.9 Å². The van der Waals surface area contributed by atoms with Gasteiger partial charge in [-0.05, 0) is 41.8 Å². The first-order chi connectivity index (χ1) is 8.90. The van der Waals surface area contributed by atoms with Gasteiger partial charge in [-0.1, -0.05) is 0 Å². The van der Waals surface area contributed by atoms with E-state index in [0.29, 0.717) is 23.0 Å². The molecule has 0 saturated carbocycles. The van der Waals surface area contributed by atoms with Crippen molar-refractivity contribution in [3.05, 3.63) is 32.8 Å². The van der Waals surface area contributed by atoms with Crippen LogP contribution in [0.3, 0.4) is 0 Å². The minimum absolute atomic E-state index is 0.0261. The van der Waals surface area contributed by atoms with E-state index >= 15 is 0 Å². The molecule has 1 rings (SSSR count). The first-order valence-electron chi connectivity index (χ1n) is 5.89. The number of hydrogen-bond donors (Lipinski definition) is 2. The Kier molecular flexibility index (Phi) is 5.91. The first kappa shape index (κ1) is 15.6. The minimum atomic E-state index is -0.487. The van der Waals surface area contributed by atoms with Crippen molar-refractivity contribution in [2.45, 2.75) is 32.2 Å². The molecular formula is C12H16BrN3O3. The zero-order chi connectivity index (χ0) is 14.4. The molecule has 1 aromatic carbocycles. The zero-order valence-corrected chi connectivity index (χ0v) is 12.1. The van der Waals surface area contributed by atoms with Crippen LogP contribution in [0.5, 0.6) is 0 Å². The number of benzene rings is 1. The Bertz CT molecular complexity index is 477. The molecule has 7 heteroatoms. The Balaban J connectivity index is 2.57. The van der Waals surface area contributed by atoms with Gasteiger partial charge in [-0.3, -0.25) is 14.9 Å². The number of nitro groups is 1. The molecule has 6 nitrogen and oxygen atoms in total. The third-order valence-corrected chi connectivity index (χ3v) is 3.16. The van der Waals surface area contributed by atoms with Gasteiger partial charge in [0, 0.05) is 29.1 Å². The fraction of sp³-hybridized carbons (Fsp3) is 0.417. The third kappa shape index (κ3) is 5.35. The van der Waals surface area contributed by atoms with E-state index in [2.05, 4.69) is 21.2 Å². The Morgan fingerprint density at radius 1 is 1.58 bits per heavy atom. The molecule has 0 aromatic heterocycles. The number of rotatable bonds is 6. The van der Waals surface area contributed by atoms with Crippen molar-refractivity contribution >= 4 is 33.2 Å². The number of halogens is 1. The summed E-state index contributed by atoms with van der Waals surface area (Å²) < 4.78 is 0.488. The van der Waals surface area contributed by atoms with Gasteiger partial charge in [0.2, 0.25) is 5.91 Å². The van der Waals surface area contributed by atoms with Gasteiger partial charge in [0.25, 0.3) is 5.69 Å². The number of nitrogens with two attached hydrogens (primary N) is 1. The van der Waals surface area contributed by atoms with Crippen molar-refractivity contribution in [1.82, 2.24) is 0 Å². The van der Waals surface area contributed by atoms with E-state index in [-0.39, 0.29) is 17.6 Å². The van der Waals surface area contributed by atoms with Gasteiger partial charge >= 0.3 is 0 Å². The van der Waals surface area contributed by atoms with E-state index in [1.165, 1.54) is 18.2 Å². The lowest BCUT2D eigenvalue weighted by molar-refractivity contribution is -0.384. The molecule has 3 N–H and O–H groups in total. The maximum Gasteiger partial charge on any atom is 0.270 e. The average molecular weight is 330 g/mol. The average Bonchev–Trinajstić information content (AvgIpc) is 2.31. The summed E-state index contributed by atoms with van der Waals surface area (Å²) in [7, 11) is 0. The highest BCUT2D eigenvalue weighted by Crippen LogP contribution is 2.27. The monoisotopic (exact) mass is 329 g/mol. The molecule has 0 aliphatic rings. The van der Waals surface area contributed by atoms with Crippen LogP contribution in [-0.4, -0.2) is 16.9 Å². The van der Waals surface area contributed by atoms with Crippen molar-refractivity contribution in [3.8, 4) is 0 Å². The number of nitrogens with zero attached hydrogens (tertiary/aromatic N) is 1. The molecule has 1 amide bonds. The first-order valence-corrected chi connectivity index (χ1v) is 6.69. The molecule has 19 heavy (non-hydrogen) atoms. The van der Waals surface area contributed by atoms with E-state index in [4.69, 9.17) is 5.73 Å². The van der Waals surface area contributed by atoms with Crippen LogP contribution < -0.4 is 11.1 Å². The molecule has 0 bridgehead atoms. The van der Waals surface area contributed by atoms with Gasteiger partial charge in [-0.2, -0.15) is 0 Å². The summed E-state index contributed by atoms with van der Waals surface area (Å²) in [4.78, 5) is 21.7. The third-order valence-electron chi connectivity index (χ3n) is 2.50. The van der Waals surface area contributed by atoms with Crippen LogP contribution in [-0.2, 0) is 4.79 Å². The van der Waals surface area contributed by atoms with Gasteiger partial charge in [0.1, 0.15) is 0 Å². The molecule has 104 valence electrons. The Labute approximate surface area is 119 Å². The van der Waals surface area contributed by atoms with Crippen LogP contribution in [0, 0.1) is 10.1 Å². The van der Waals surface area contributed by atoms with Gasteiger partial charge in [0.05, 0.1) is 10.6 Å². The topological polar surface area (TPSA) is 98.3 Å². The van der Waals surface area contributed by atoms with E-state index in [1.807, 2.05) is 6.92 Å². The van der Waals surface area contributed by atoms with E-state index in [1.54, 1.807) is 0 Å². The fourth-order valence-electron chi connectivity index (χ4n) is 1.52. The number of nitro benzene ring substituents is 1. The highest BCUT2D eigenvalue weighted by molar-refractivity contribution is 9.10. The number of amides is 1. The summed E-state index contributed by atoms with van der Waals surface area (Å²) in [5, 5.41) is 13.3. The maximum atomic E-state index is 11.7. The van der Waals surface area contributed by atoms with Crippen LogP contribution in [0.2, 0.25) is 0 Å². The molecule has 0 aliphatic carbocycles. The number of carbonyl (C=O) groups excluding carboxylic acids is 1. The zero-order valence-electron chi connectivity index (χ0n) is 10.6. The molecule has 1 unspecified atom stereocenters. The summed E-state index contributed by atoms with van der Waals surface area (Å²) in [6.07, 6.45) is 1.88. The second-order valence-electron chi connectivity index (χ2n) is 4.34. The maximum absolute atomic E-state index is 11.7. The largest absolute Gasteiger partial charge is 0.328 e. The number of nitrogens with one attached hydrogen (secondary N) is 1. The lowest BCUT2D eigenvalue weighted by atomic mass is 10.1. The molecule has 0 aliphatic heterocycles. The van der Waals surface area contributed by atoms with Crippen LogP contribution in [0.4, 0.5) is 11.4 Å². The van der Waals surface area contributed by atoms with Gasteiger partial charge in [-0.15, -0.1) is 0 Å². The quantitative estimate of drug-likeness (QED) is 0.619. The molecule has 0 fully saturated rings. The van der Waals surface area contributed by atoms with Crippen molar-refractivity contribution in [3.63, 3.8) is 0 Å². The number of carbonyl (C=O) groups is 1. The Morgan fingerprint density at radius 3 is 2.79 bits per heavy atom. The van der Waals surface area contributed by atoms with Gasteiger partial charge in [-0.25, -0.2) is 0 Å². The Hall–Kier alpha value is -1.47. The summed E-state index contributed by atoms with van der Waals surface area (Å²) in [6.45, 7) is 1.89. The van der Waals surface area contributed by atoms with E-state index in [0.717, 1.165) is 6.42 Å². The van der Waals surface area contributed by atoms with E-state index < -0.39 is 4.92 Å². The number of anilines is 1. The fourth-order valence-corrected chi connectivity index (χ4v) is 1.98. The summed E-state index contributed by atoms with van der Waals surface area (Å²) in [5.41, 5.74) is 6.10. The Morgan fingerprint density at radius 2 is 2.26 bits per heavy atom. The second-order valence-corrected chi connectivity index (χ2v) is 5.19. The molecule has 0 radical (unpaired) electrons. The van der Waals surface area contributed by atoms with Crippen LogP contribution >= 0.6 is 15.9 Å². The standard InChI is InChI=1S/C12H16BrN3O3/c1-8(14)3-2-4-12(17)15-11-6-5-9(16(18)19)7-10(11)13/h5-8H,2-4,14H2,1H3,(H,15,17). The molecule has 1 atom stereocenters. The summed E-state index contributed by atoms with van der Waals surface area (Å²) in [6, 6.07) is 4.30. The second kappa shape index (κ2) is 7.20. The molecule has 0 spiro atoms. The van der Waals surface area contributed by atoms with Crippen LogP contribution in [0.1, 0.15) is 26.2 Å². The SMILES string of the molecule is CC(N)CCCC(=O)Nc1ccc([N+](=O)[O-])cc1Br. The molecule has 0 saturated heterocycles. The highest BCUT2D eigenvalue weighted by atomic mass is 79.9. The van der Waals surface area contributed by atoms with Crippen molar-refractivity contribution in [2.24, 2.45) is 5.73 Å². The molecular weight excluding hydrogens is 314 g/mol. The normalized spacial score (nSPS) is 11.9. The molecule has 1 aromatic rings.